The third-order valence-electron chi connectivity index (χ3n) is 4.04. The molecule has 0 aromatic heterocycles. The lowest BCUT2D eigenvalue weighted by Crippen LogP contribution is -2.33. The molecule has 0 aliphatic carbocycles. The second kappa shape index (κ2) is 5.75. The maximum Gasteiger partial charge on any atom is -0.00190 e. The topological polar surface area (TPSA) is 3.24 Å². The SMILES string of the molecule is CC[C@@H](C)CC(C)C1CCN(C)CC1. The Morgan fingerprint density at radius 2 is 1.79 bits per heavy atom. The van der Waals surface area contributed by atoms with Gasteiger partial charge in [0.15, 0.2) is 0 Å². The highest BCUT2D eigenvalue weighted by Gasteiger charge is 2.22. The summed E-state index contributed by atoms with van der Waals surface area (Å²) in [5.74, 6) is 2.86. The highest BCUT2D eigenvalue weighted by atomic mass is 15.1. The smallest absolute Gasteiger partial charge is 0.00190 e. The van der Waals surface area contributed by atoms with Gasteiger partial charge in [0.25, 0.3) is 0 Å². The number of hydrogen-bond donors (Lipinski definition) is 0. The van der Waals surface area contributed by atoms with Gasteiger partial charge in [-0.2, -0.15) is 0 Å². The van der Waals surface area contributed by atoms with Gasteiger partial charge in [0.1, 0.15) is 0 Å². The minimum atomic E-state index is 0.921. The zero-order valence-corrected chi connectivity index (χ0v) is 10.4. The van der Waals surface area contributed by atoms with E-state index in [1.165, 1.54) is 38.8 Å². The van der Waals surface area contributed by atoms with E-state index in [2.05, 4.69) is 32.7 Å². The van der Waals surface area contributed by atoms with Crippen LogP contribution in [-0.2, 0) is 0 Å². The van der Waals surface area contributed by atoms with Crippen molar-refractivity contribution in [3.8, 4) is 0 Å². The van der Waals surface area contributed by atoms with Gasteiger partial charge < -0.3 is 4.90 Å². The third-order valence-corrected chi connectivity index (χ3v) is 4.04. The Kier molecular flexibility index (Phi) is 4.94. The lowest BCUT2D eigenvalue weighted by molar-refractivity contribution is 0.163. The summed E-state index contributed by atoms with van der Waals surface area (Å²) in [6.07, 6.45) is 5.63. The van der Waals surface area contributed by atoms with Crippen LogP contribution in [-0.4, -0.2) is 25.0 Å². The standard InChI is InChI=1S/C13H27N/c1-5-11(2)10-12(3)13-6-8-14(4)9-7-13/h11-13H,5-10H2,1-4H3/t11-,12?/m1/s1. The minimum Gasteiger partial charge on any atom is -0.306 e. The summed E-state index contributed by atoms with van der Waals surface area (Å²) in [7, 11) is 2.25. The lowest BCUT2D eigenvalue weighted by atomic mass is 9.80. The fourth-order valence-corrected chi connectivity index (χ4v) is 2.59. The summed E-state index contributed by atoms with van der Waals surface area (Å²) in [5.41, 5.74) is 0. The normalized spacial score (nSPS) is 24.9. The van der Waals surface area contributed by atoms with Crippen LogP contribution < -0.4 is 0 Å². The molecule has 0 radical (unpaired) electrons. The molecule has 0 bridgehead atoms. The van der Waals surface area contributed by atoms with Crippen molar-refractivity contribution in [1.29, 1.82) is 0 Å². The molecule has 1 rings (SSSR count). The summed E-state index contributed by atoms with van der Waals surface area (Å²) in [6, 6.07) is 0. The molecule has 1 saturated heterocycles. The van der Waals surface area contributed by atoms with E-state index >= 15 is 0 Å². The van der Waals surface area contributed by atoms with E-state index in [-0.39, 0.29) is 0 Å². The summed E-state index contributed by atoms with van der Waals surface area (Å²) >= 11 is 0. The maximum absolute atomic E-state index is 2.46. The predicted octanol–water partition coefficient (Wildman–Crippen LogP) is 3.40. The highest BCUT2D eigenvalue weighted by Crippen LogP contribution is 2.29. The van der Waals surface area contributed by atoms with Crippen LogP contribution >= 0.6 is 0 Å². The van der Waals surface area contributed by atoms with Gasteiger partial charge in [-0.15, -0.1) is 0 Å². The molecule has 1 heterocycles. The van der Waals surface area contributed by atoms with Crippen LogP contribution in [0, 0.1) is 17.8 Å². The third kappa shape index (κ3) is 3.61. The van der Waals surface area contributed by atoms with Gasteiger partial charge in [-0.05, 0) is 57.2 Å². The Hall–Kier alpha value is -0.0400. The van der Waals surface area contributed by atoms with E-state index in [1.807, 2.05) is 0 Å². The molecule has 0 aromatic rings. The molecule has 1 aliphatic heterocycles. The number of nitrogens with zero attached hydrogens (tertiary/aromatic N) is 1. The van der Waals surface area contributed by atoms with Crippen LogP contribution in [0.25, 0.3) is 0 Å². The Morgan fingerprint density at radius 3 is 2.29 bits per heavy atom. The van der Waals surface area contributed by atoms with E-state index in [4.69, 9.17) is 0 Å². The molecule has 2 atom stereocenters. The minimum absolute atomic E-state index is 0.921. The van der Waals surface area contributed by atoms with Crippen molar-refractivity contribution < 1.29 is 0 Å². The Bertz CT molecular complexity index is 147. The van der Waals surface area contributed by atoms with Crippen LogP contribution in [0.2, 0.25) is 0 Å². The van der Waals surface area contributed by atoms with Crippen molar-refractivity contribution >= 4 is 0 Å². The fourth-order valence-electron chi connectivity index (χ4n) is 2.59. The lowest BCUT2D eigenvalue weighted by Gasteiger charge is -2.33. The van der Waals surface area contributed by atoms with Gasteiger partial charge in [-0.1, -0.05) is 27.2 Å². The zero-order chi connectivity index (χ0) is 10.6. The number of likely N-dealkylation sites (tertiary alicyclic amines) is 1. The van der Waals surface area contributed by atoms with Crippen molar-refractivity contribution in [2.24, 2.45) is 17.8 Å². The van der Waals surface area contributed by atoms with E-state index in [9.17, 15) is 0 Å². The number of hydrogen-bond acceptors (Lipinski definition) is 1. The molecule has 1 aliphatic rings. The number of piperidine rings is 1. The first-order valence-corrected chi connectivity index (χ1v) is 6.32. The average Bonchev–Trinajstić information content (AvgIpc) is 2.18. The van der Waals surface area contributed by atoms with Crippen LogP contribution in [0.1, 0.15) is 46.5 Å². The first-order valence-electron chi connectivity index (χ1n) is 6.32. The quantitative estimate of drug-likeness (QED) is 0.667. The largest absolute Gasteiger partial charge is 0.306 e. The van der Waals surface area contributed by atoms with E-state index < -0.39 is 0 Å². The van der Waals surface area contributed by atoms with Gasteiger partial charge in [0.2, 0.25) is 0 Å². The Balaban J connectivity index is 2.26. The van der Waals surface area contributed by atoms with Crippen molar-refractivity contribution in [1.82, 2.24) is 4.90 Å². The average molecular weight is 197 g/mol. The van der Waals surface area contributed by atoms with E-state index in [0.29, 0.717) is 0 Å². The van der Waals surface area contributed by atoms with E-state index in [0.717, 1.165) is 17.8 Å². The highest BCUT2D eigenvalue weighted by molar-refractivity contribution is 4.75. The molecule has 0 spiro atoms. The van der Waals surface area contributed by atoms with E-state index in [1.54, 1.807) is 0 Å². The monoisotopic (exact) mass is 197 g/mol. The van der Waals surface area contributed by atoms with Crippen molar-refractivity contribution in [2.75, 3.05) is 20.1 Å². The molecule has 14 heavy (non-hydrogen) atoms. The van der Waals surface area contributed by atoms with Gasteiger partial charge in [0.05, 0.1) is 0 Å². The van der Waals surface area contributed by atoms with Crippen molar-refractivity contribution in [3.63, 3.8) is 0 Å². The van der Waals surface area contributed by atoms with Crippen LogP contribution in [0.3, 0.4) is 0 Å². The van der Waals surface area contributed by atoms with Crippen molar-refractivity contribution in [3.05, 3.63) is 0 Å². The zero-order valence-electron chi connectivity index (χ0n) is 10.4. The molecule has 1 nitrogen and oxygen atoms in total. The fraction of sp³-hybridized carbons (Fsp3) is 1.00. The van der Waals surface area contributed by atoms with Gasteiger partial charge in [-0.3, -0.25) is 0 Å². The molecule has 0 aromatic carbocycles. The molecule has 1 fully saturated rings. The van der Waals surface area contributed by atoms with Gasteiger partial charge >= 0.3 is 0 Å². The maximum atomic E-state index is 2.46. The second-order valence-corrected chi connectivity index (χ2v) is 5.37. The van der Waals surface area contributed by atoms with Crippen LogP contribution in [0.4, 0.5) is 0 Å². The Labute approximate surface area is 89.9 Å². The Morgan fingerprint density at radius 1 is 1.21 bits per heavy atom. The van der Waals surface area contributed by atoms with Crippen LogP contribution in [0.5, 0.6) is 0 Å². The summed E-state index contributed by atoms with van der Waals surface area (Å²) < 4.78 is 0. The van der Waals surface area contributed by atoms with Crippen LogP contribution in [0.15, 0.2) is 0 Å². The summed E-state index contributed by atoms with van der Waals surface area (Å²) in [4.78, 5) is 2.46. The second-order valence-electron chi connectivity index (χ2n) is 5.37. The summed E-state index contributed by atoms with van der Waals surface area (Å²) in [6.45, 7) is 9.80. The molecule has 1 heteroatoms. The van der Waals surface area contributed by atoms with Gasteiger partial charge in [-0.25, -0.2) is 0 Å². The van der Waals surface area contributed by atoms with Crippen molar-refractivity contribution in [2.45, 2.75) is 46.5 Å². The van der Waals surface area contributed by atoms with Gasteiger partial charge in [0, 0.05) is 0 Å². The molecule has 84 valence electrons. The molecular weight excluding hydrogens is 170 g/mol. The summed E-state index contributed by atoms with van der Waals surface area (Å²) in [5, 5.41) is 0. The molecule has 0 N–H and O–H groups in total. The number of rotatable bonds is 4. The molecule has 0 amide bonds. The predicted molar refractivity (Wildman–Crippen MR) is 63.5 cm³/mol. The first kappa shape index (κ1) is 12.0. The molecular formula is C13H27N. The molecule has 0 saturated carbocycles. The molecule has 1 unspecified atom stereocenters. The first-order chi connectivity index (χ1) is 6.63.